The molecule has 0 radical (unpaired) electrons. The standard InChI is InChI=1S/C29H29FN2O4/c1-19-17-23(36-18-20-7-5-4-6-8-20)13-14-24(19)27(33)25-26(21-9-11-22(30)12-10-21)32(16-15-31(2)3)29(35)28(25)34/h4-14,17,26,33H,15-16,18H2,1-3H3/t26-/m0/s1. The molecule has 0 aromatic heterocycles. The first kappa shape index (κ1) is 25.1. The molecule has 1 N–H and O–H groups in total. The third-order valence-electron chi connectivity index (χ3n) is 6.22. The van der Waals surface area contributed by atoms with E-state index in [1.54, 1.807) is 25.1 Å². The molecule has 1 amide bonds. The van der Waals surface area contributed by atoms with Crippen LogP contribution < -0.4 is 4.74 Å². The molecule has 1 saturated heterocycles. The average Bonchev–Trinajstić information content (AvgIpc) is 3.12. The maximum absolute atomic E-state index is 13.6. The number of ketones is 1. The third-order valence-corrected chi connectivity index (χ3v) is 6.22. The Kier molecular flexibility index (Phi) is 7.50. The van der Waals surface area contributed by atoms with Crippen LogP contribution in [0.1, 0.15) is 28.3 Å². The van der Waals surface area contributed by atoms with Gasteiger partial charge in [-0.1, -0.05) is 42.5 Å². The van der Waals surface area contributed by atoms with Gasteiger partial charge in [0.2, 0.25) is 0 Å². The van der Waals surface area contributed by atoms with Gasteiger partial charge < -0.3 is 19.6 Å². The van der Waals surface area contributed by atoms with Crippen LogP contribution in [0, 0.1) is 12.7 Å². The van der Waals surface area contributed by atoms with E-state index < -0.39 is 23.5 Å². The molecule has 1 heterocycles. The van der Waals surface area contributed by atoms with E-state index in [0.29, 0.717) is 35.6 Å². The largest absolute Gasteiger partial charge is 0.507 e. The van der Waals surface area contributed by atoms with E-state index in [4.69, 9.17) is 4.74 Å². The zero-order valence-corrected chi connectivity index (χ0v) is 20.6. The number of ether oxygens (including phenoxy) is 1. The summed E-state index contributed by atoms with van der Waals surface area (Å²) in [4.78, 5) is 29.5. The molecule has 6 nitrogen and oxygen atoms in total. The molecule has 0 spiro atoms. The number of aliphatic hydroxyl groups is 1. The van der Waals surface area contributed by atoms with Gasteiger partial charge in [0, 0.05) is 18.7 Å². The SMILES string of the molecule is Cc1cc(OCc2ccccc2)ccc1C(O)=C1C(=O)C(=O)N(CCN(C)C)[C@H]1c1ccc(F)cc1. The molecular weight excluding hydrogens is 459 g/mol. The van der Waals surface area contributed by atoms with Crippen LogP contribution in [0.2, 0.25) is 0 Å². The summed E-state index contributed by atoms with van der Waals surface area (Å²) in [7, 11) is 3.74. The van der Waals surface area contributed by atoms with E-state index in [1.165, 1.54) is 29.2 Å². The molecule has 4 rings (SSSR count). The fourth-order valence-corrected chi connectivity index (χ4v) is 4.29. The molecule has 0 saturated carbocycles. The number of nitrogens with zero attached hydrogens (tertiary/aromatic N) is 2. The number of amides is 1. The number of carbonyl (C=O) groups excluding carboxylic acids is 2. The van der Waals surface area contributed by atoms with Crippen molar-refractivity contribution in [1.29, 1.82) is 0 Å². The minimum Gasteiger partial charge on any atom is -0.507 e. The van der Waals surface area contributed by atoms with Crippen LogP contribution in [-0.2, 0) is 16.2 Å². The second-order valence-corrected chi connectivity index (χ2v) is 9.10. The highest BCUT2D eigenvalue weighted by Gasteiger charge is 2.46. The second-order valence-electron chi connectivity index (χ2n) is 9.10. The number of hydrogen-bond acceptors (Lipinski definition) is 5. The van der Waals surface area contributed by atoms with Crippen molar-refractivity contribution in [3.05, 3.63) is 106 Å². The highest BCUT2D eigenvalue weighted by atomic mass is 19.1. The highest BCUT2D eigenvalue weighted by Crippen LogP contribution is 2.40. The van der Waals surface area contributed by atoms with Crippen molar-refractivity contribution in [1.82, 2.24) is 9.80 Å². The Labute approximate surface area is 210 Å². The number of carbonyl (C=O) groups is 2. The minimum atomic E-state index is -0.820. The summed E-state index contributed by atoms with van der Waals surface area (Å²) in [5.41, 5.74) is 2.69. The van der Waals surface area contributed by atoms with Gasteiger partial charge in [0.15, 0.2) is 0 Å². The van der Waals surface area contributed by atoms with E-state index in [9.17, 15) is 19.1 Å². The molecule has 0 bridgehead atoms. The molecule has 0 aliphatic carbocycles. The minimum absolute atomic E-state index is 0.00795. The number of likely N-dealkylation sites (N-methyl/N-ethyl adjacent to an activating group) is 1. The van der Waals surface area contributed by atoms with E-state index in [-0.39, 0.29) is 17.9 Å². The number of halogens is 1. The summed E-state index contributed by atoms with van der Waals surface area (Å²) in [5.74, 6) is -1.51. The van der Waals surface area contributed by atoms with Crippen molar-refractivity contribution in [2.45, 2.75) is 19.6 Å². The molecule has 1 fully saturated rings. The summed E-state index contributed by atoms with van der Waals surface area (Å²) >= 11 is 0. The molecule has 3 aromatic rings. The summed E-state index contributed by atoms with van der Waals surface area (Å²) in [6, 6.07) is 19.8. The molecule has 7 heteroatoms. The van der Waals surface area contributed by atoms with Crippen molar-refractivity contribution in [3.8, 4) is 5.75 Å². The van der Waals surface area contributed by atoms with Gasteiger partial charge in [0.25, 0.3) is 11.7 Å². The van der Waals surface area contributed by atoms with Gasteiger partial charge in [0.1, 0.15) is 23.9 Å². The molecule has 0 unspecified atom stereocenters. The predicted molar refractivity (Wildman–Crippen MR) is 136 cm³/mol. The lowest BCUT2D eigenvalue weighted by atomic mass is 9.94. The number of aliphatic hydroxyl groups excluding tert-OH is 1. The average molecular weight is 489 g/mol. The van der Waals surface area contributed by atoms with E-state index in [1.807, 2.05) is 49.3 Å². The fourth-order valence-electron chi connectivity index (χ4n) is 4.29. The van der Waals surface area contributed by atoms with Crippen LogP contribution in [0.25, 0.3) is 5.76 Å². The van der Waals surface area contributed by atoms with Crippen molar-refractivity contribution in [3.63, 3.8) is 0 Å². The maximum Gasteiger partial charge on any atom is 0.295 e. The van der Waals surface area contributed by atoms with E-state index >= 15 is 0 Å². The first-order chi connectivity index (χ1) is 17.3. The fraction of sp³-hybridized carbons (Fsp3) is 0.241. The summed E-state index contributed by atoms with van der Waals surface area (Å²) < 4.78 is 19.5. The van der Waals surface area contributed by atoms with Gasteiger partial charge >= 0.3 is 0 Å². The first-order valence-corrected chi connectivity index (χ1v) is 11.7. The molecule has 1 aliphatic rings. The topological polar surface area (TPSA) is 70.1 Å². The Morgan fingerprint density at radius 3 is 2.36 bits per heavy atom. The number of benzene rings is 3. The van der Waals surface area contributed by atoms with Crippen molar-refractivity contribution in [2.24, 2.45) is 0 Å². The van der Waals surface area contributed by atoms with Gasteiger partial charge in [-0.2, -0.15) is 0 Å². The molecular formula is C29H29FN2O4. The summed E-state index contributed by atoms with van der Waals surface area (Å²) in [6.45, 7) is 3.01. The van der Waals surface area contributed by atoms with Crippen molar-refractivity contribution < 1.29 is 23.8 Å². The summed E-state index contributed by atoms with van der Waals surface area (Å²) in [6.07, 6.45) is 0. The molecule has 1 aliphatic heterocycles. The molecule has 1 atom stereocenters. The first-order valence-electron chi connectivity index (χ1n) is 11.7. The Balaban J connectivity index is 1.70. The van der Waals surface area contributed by atoms with Crippen LogP contribution in [0.4, 0.5) is 4.39 Å². The number of hydrogen-bond donors (Lipinski definition) is 1. The Hall–Kier alpha value is -3.97. The molecule has 186 valence electrons. The van der Waals surface area contributed by atoms with Crippen LogP contribution in [-0.4, -0.2) is 53.8 Å². The van der Waals surface area contributed by atoms with Crippen LogP contribution >= 0.6 is 0 Å². The zero-order chi connectivity index (χ0) is 25.8. The normalized spacial score (nSPS) is 17.1. The lowest BCUT2D eigenvalue weighted by Gasteiger charge is -2.26. The van der Waals surface area contributed by atoms with Gasteiger partial charge in [0.05, 0.1) is 11.6 Å². The van der Waals surface area contributed by atoms with Crippen LogP contribution in [0.15, 0.2) is 78.4 Å². The predicted octanol–water partition coefficient (Wildman–Crippen LogP) is 4.70. The number of likely N-dealkylation sites (tertiary alicyclic amines) is 1. The number of rotatable bonds is 8. The maximum atomic E-state index is 13.6. The quantitative estimate of drug-likeness (QED) is 0.283. The zero-order valence-electron chi connectivity index (χ0n) is 20.6. The Bertz CT molecular complexity index is 1290. The van der Waals surface area contributed by atoms with E-state index in [2.05, 4.69) is 0 Å². The lowest BCUT2D eigenvalue weighted by Crippen LogP contribution is -2.35. The lowest BCUT2D eigenvalue weighted by molar-refractivity contribution is -0.140. The number of aryl methyl sites for hydroxylation is 1. The summed E-state index contributed by atoms with van der Waals surface area (Å²) in [5, 5.41) is 11.3. The smallest absolute Gasteiger partial charge is 0.295 e. The molecule has 3 aromatic carbocycles. The van der Waals surface area contributed by atoms with Gasteiger partial charge in [-0.25, -0.2) is 4.39 Å². The monoisotopic (exact) mass is 488 g/mol. The number of Topliss-reactive ketones (excluding diaryl/α,β-unsaturated/α-hetero) is 1. The van der Waals surface area contributed by atoms with Crippen LogP contribution in [0.3, 0.4) is 0 Å². The highest BCUT2D eigenvalue weighted by molar-refractivity contribution is 6.46. The van der Waals surface area contributed by atoms with Crippen molar-refractivity contribution in [2.75, 3.05) is 27.2 Å². The second kappa shape index (κ2) is 10.7. The molecule has 36 heavy (non-hydrogen) atoms. The van der Waals surface area contributed by atoms with Gasteiger partial charge in [-0.3, -0.25) is 9.59 Å². The van der Waals surface area contributed by atoms with Gasteiger partial charge in [-0.05, 0) is 68.0 Å². The van der Waals surface area contributed by atoms with Gasteiger partial charge in [-0.15, -0.1) is 0 Å². The Morgan fingerprint density at radius 2 is 1.72 bits per heavy atom. The van der Waals surface area contributed by atoms with Crippen LogP contribution in [0.5, 0.6) is 5.75 Å². The Morgan fingerprint density at radius 1 is 1.03 bits per heavy atom. The van der Waals surface area contributed by atoms with E-state index in [0.717, 1.165) is 5.56 Å². The van der Waals surface area contributed by atoms with Crippen molar-refractivity contribution >= 4 is 17.4 Å². The third kappa shape index (κ3) is 5.31.